The molecule has 1 aliphatic rings. The van der Waals surface area contributed by atoms with Crippen molar-refractivity contribution in [1.29, 1.82) is 0 Å². The molecule has 3 rings (SSSR count). The van der Waals surface area contributed by atoms with E-state index in [1.165, 1.54) is 12.1 Å². The Morgan fingerprint density at radius 1 is 1.21 bits per heavy atom. The van der Waals surface area contributed by atoms with Crippen molar-refractivity contribution in [2.24, 2.45) is 16.8 Å². The Bertz CT molecular complexity index is 865. The van der Waals surface area contributed by atoms with E-state index in [2.05, 4.69) is 11.6 Å². The number of nitrogens with two attached hydrogens (primary N) is 1. The number of piperidine rings is 1. The van der Waals surface area contributed by atoms with Crippen molar-refractivity contribution in [3.05, 3.63) is 78.1 Å². The van der Waals surface area contributed by atoms with E-state index in [9.17, 15) is 9.18 Å². The average molecular weight is 395 g/mol. The maximum Gasteiger partial charge on any atom is 0.222 e. The standard InChI is InChI=1S/C23H26FN3O2/c1-17(19-10-12-21(24)13-11-19)26-23(29-25)20-8-5-15-27(16-20)22(28)14-9-18-6-3-2-4-7-18/h2-4,6-7,10-13,20H,1,5,8-9,14-16,25H2. The second kappa shape index (κ2) is 9.98. The molecule has 5 nitrogen and oxygen atoms in total. The van der Waals surface area contributed by atoms with Crippen molar-refractivity contribution in [2.45, 2.75) is 25.7 Å². The van der Waals surface area contributed by atoms with Crippen molar-refractivity contribution in [3.63, 3.8) is 0 Å². The summed E-state index contributed by atoms with van der Waals surface area (Å²) in [4.78, 5) is 24.0. The van der Waals surface area contributed by atoms with E-state index in [-0.39, 0.29) is 17.6 Å². The monoisotopic (exact) mass is 395 g/mol. The van der Waals surface area contributed by atoms with Gasteiger partial charge in [0.2, 0.25) is 11.8 Å². The van der Waals surface area contributed by atoms with Gasteiger partial charge in [-0.05, 0) is 54.7 Å². The molecular formula is C23H26FN3O2. The first-order valence-corrected chi connectivity index (χ1v) is 9.78. The van der Waals surface area contributed by atoms with E-state index in [1.54, 1.807) is 12.1 Å². The number of carbonyl (C=O) groups is 1. The number of halogens is 1. The van der Waals surface area contributed by atoms with Crippen LogP contribution in [0.4, 0.5) is 4.39 Å². The number of likely N-dealkylation sites (tertiary alicyclic amines) is 1. The molecule has 1 amide bonds. The molecule has 1 aliphatic heterocycles. The molecule has 1 saturated heterocycles. The van der Waals surface area contributed by atoms with Gasteiger partial charge in [-0.25, -0.2) is 9.38 Å². The third kappa shape index (κ3) is 5.74. The third-order valence-electron chi connectivity index (χ3n) is 5.14. The van der Waals surface area contributed by atoms with Crippen LogP contribution in [0.15, 0.2) is 66.2 Å². The summed E-state index contributed by atoms with van der Waals surface area (Å²) in [6.45, 7) is 5.17. The van der Waals surface area contributed by atoms with Gasteiger partial charge >= 0.3 is 0 Å². The molecule has 2 aromatic carbocycles. The molecule has 1 heterocycles. The molecule has 1 fully saturated rings. The molecule has 0 radical (unpaired) electrons. The molecule has 0 aromatic heterocycles. The lowest BCUT2D eigenvalue weighted by atomic mass is 9.97. The molecule has 0 aliphatic carbocycles. The maximum atomic E-state index is 13.1. The molecular weight excluding hydrogens is 369 g/mol. The Kier molecular flexibility index (Phi) is 7.14. The number of rotatable bonds is 6. The Morgan fingerprint density at radius 3 is 2.62 bits per heavy atom. The van der Waals surface area contributed by atoms with Gasteiger partial charge in [0.1, 0.15) is 5.82 Å². The van der Waals surface area contributed by atoms with Gasteiger partial charge in [-0.2, -0.15) is 5.90 Å². The molecule has 1 unspecified atom stereocenters. The van der Waals surface area contributed by atoms with Gasteiger partial charge in [-0.1, -0.05) is 36.9 Å². The van der Waals surface area contributed by atoms with Gasteiger partial charge in [-0.3, -0.25) is 4.79 Å². The van der Waals surface area contributed by atoms with Crippen LogP contribution in [0.5, 0.6) is 0 Å². The highest BCUT2D eigenvalue weighted by Gasteiger charge is 2.28. The van der Waals surface area contributed by atoms with Crippen molar-refractivity contribution >= 4 is 17.5 Å². The lowest BCUT2D eigenvalue weighted by Crippen LogP contribution is -2.43. The van der Waals surface area contributed by atoms with Crippen LogP contribution in [0.1, 0.15) is 30.4 Å². The van der Waals surface area contributed by atoms with Crippen LogP contribution in [-0.2, 0) is 16.1 Å². The lowest BCUT2D eigenvalue weighted by Gasteiger charge is -2.32. The lowest BCUT2D eigenvalue weighted by molar-refractivity contribution is -0.132. The zero-order valence-corrected chi connectivity index (χ0v) is 16.4. The highest BCUT2D eigenvalue weighted by Crippen LogP contribution is 2.22. The Hall–Kier alpha value is -2.99. The first-order valence-electron chi connectivity index (χ1n) is 9.78. The molecule has 2 N–H and O–H groups in total. The fourth-order valence-corrected chi connectivity index (χ4v) is 3.51. The smallest absolute Gasteiger partial charge is 0.222 e. The Morgan fingerprint density at radius 2 is 1.93 bits per heavy atom. The third-order valence-corrected chi connectivity index (χ3v) is 5.14. The SMILES string of the molecule is C=C(N=C(ON)C1CCCN(C(=O)CCc2ccccc2)C1)c1ccc(F)cc1. The molecule has 152 valence electrons. The summed E-state index contributed by atoms with van der Waals surface area (Å²) in [5.41, 5.74) is 2.28. The molecule has 0 saturated carbocycles. The van der Waals surface area contributed by atoms with Crippen molar-refractivity contribution in [3.8, 4) is 0 Å². The predicted octanol–water partition coefficient (Wildman–Crippen LogP) is 3.96. The van der Waals surface area contributed by atoms with Crippen molar-refractivity contribution in [2.75, 3.05) is 13.1 Å². The number of hydrogen-bond donors (Lipinski definition) is 1. The summed E-state index contributed by atoms with van der Waals surface area (Å²) in [5, 5.41) is 0. The zero-order valence-electron chi connectivity index (χ0n) is 16.4. The molecule has 0 spiro atoms. The second-order valence-electron chi connectivity index (χ2n) is 7.19. The van der Waals surface area contributed by atoms with E-state index >= 15 is 0 Å². The summed E-state index contributed by atoms with van der Waals surface area (Å²) in [6.07, 6.45) is 2.87. The number of amides is 1. The van der Waals surface area contributed by atoms with Crippen LogP contribution in [0, 0.1) is 11.7 Å². The van der Waals surface area contributed by atoms with Gasteiger partial charge in [0.25, 0.3) is 0 Å². The molecule has 0 bridgehead atoms. The number of aryl methyl sites for hydroxylation is 1. The fourth-order valence-electron chi connectivity index (χ4n) is 3.51. The highest BCUT2D eigenvalue weighted by molar-refractivity contribution is 5.86. The molecule has 6 heteroatoms. The maximum absolute atomic E-state index is 13.1. The van der Waals surface area contributed by atoms with Crippen LogP contribution in [-0.4, -0.2) is 29.8 Å². The quantitative estimate of drug-likeness (QED) is 0.457. The minimum Gasteiger partial charge on any atom is -0.395 e. The predicted molar refractivity (Wildman–Crippen MR) is 112 cm³/mol. The largest absolute Gasteiger partial charge is 0.395 e. The van der Waals surface area contributed by atoms with Gasteiger partial charge in [0, 0.05) is 19.5 Å². The summed E-state index contributed by atoms with van der Waals surface area (Å²) < 4.78 is 13.1. The van der Waals surface area contributed by atoms with Gasteiger partial charge in [0.15, 0.2) is 0 Å². The minimum atomic E-state index is -0.322. The van der Waals surface area contributed by atoms with Crippen LogP contribution in [0.3, 0.4) is 0 Å². The molecule has 2 aromatic rings. The van der Waals surface area contributed by atoms with Crippen molar-refractivity contribution < 1.29 is 14.0 Å². The highest BCUT2D eigenvalue weighted by atomic mass is 19.1. The molecule has 1 atom stereocenters. The normalized spacial score (nSPS) is 17.1. The van der Waals surface area contributed by atoms with E-state index in [1.807, 2.05) is 35.2 Å². The summed E-state index contributed by atoms with van der Waals surface area (Å²) in [7, 11) is 0. The van der Waals surface area contributed by atoms with E-state index in [0.717, 1.165) is 31.4 Å². The Balaban J connectivity index is 1.62. The van der Waals surface area contributed by atoms with Crippen LogP contribution in [0.25, 0.3) is 5.70 Å². The number of benzene rings is 2. The van der Waals surface area contributed by atoms with Gasteiger partial charge in [0.05, 0.1) is 11.6 Å². The second-order valence-corrected chi connectivity index (χ2v) is 7.19. The van der Waals surface area contributed by atoms with Crippen LogP contribution >= 0.6 is 0 Å². The first kappa shape index (κ1) is 20.7. The van der Waals surface area contributed by atoms with E-state index in [0.29, 0.717) is 30.1 Å². The van der Waals surface area contributed by atoms with Gasteiger partial charge < -0.3 is 9.74 Å². The average Bonchev–Trinajstić information content (AvgIpc) is 2.77. The summed E-state index contributed by atoms with van der Waals surface area (Å²) in [5.74, 6) is 5.53. The number of hydrogen-bond acceptors (Lipinski definition) is 4. The molecule has 29 heavy (non-hydrogen) atoms. The first-order chi connectivity index (χ1) is 14.1. The fraction of sp³-hybridized carbons (Fsp3) is 0.304. The van der Waals surface area contributed by atoms with Crippen molar-refractivity contribution in [1.82, 2.24) is 4.90 Å². The van der Waals surface area contributed by atoms with Gasteiger partial charge in [-0.15, -0.1) is 0 Å². The zero-order chi connectivity index (χ0) is 20.6. The van der Waals surface area contributed by atoms with E-state index in [4.69, 9.17) is 10.7 Å². The number of nitrogens with zero attached hydrogens (tertiary/aromatic N) is 2. The van der Waals surface area contributed by atoms with Crippen LogP contribution in [0.2, 0.25) is 0 Å². The van der Waals surface area contributed by atoms with Crippen LogP contribution < -0.4 is 5.90 Å². The number of carbonyl (C=O) groups excluding carboxylic acids is 1. The summed E-state index contributed by atoms with van der Waals surface area (Å²) >= 11 is 0. The minimum absolute atomic E-state index is 0.0911. The summed E-state index contributed by atoms with van der Waals surface area (Å²) in [6, 6.07) is 15.9. The topological polar surface area (TPSA) is 67.9 Å². The van der Waals surface area contributed by atoms with E-state index < -0.39 is 0 Å². The number of aliphatic imine (C=N–C) groups is 1. The Labute approximate surface area is 170 Å².